The third-order valence-electron chi connectivity index (χ3n) is 7.73. The van der Waals surface area contributed by atoms with Gasteiger partial charge < -0.3 is 14.7 Å². The van der Waals surface area contributed by atoms with E-state index in [9.17, 15) is 32.3 Å². The first-order chi connectivity index (χ1) is 18.1. The molecule has 1 spiro atoms. The number of fused-ring (bicyclic) bond motifs is 1. The summed E-state index contributed by atoms with van der Waals surface area (Å²) in [6.45, 7) is -0.203. The molecule has 1 N–H and O–H groups in total. The molecule has 0 aromatic heterocycles. The number of hydrogen-bond acceptors (Lipinski definition) is 3. The van der Waals surface area contributed by atoms with E-state index in [0.717, 1.165) is 17.7 Å². The highest BCUT2D eigenvalue weighted by atomic mass is 19.4. The Labute approximate surface area is 216 Å². The first-order valence-electron chi connectivity index (χ1n) is 12.2. The van der Waals surface area contributed by atoms with Gasteiger partial charge in [0.2, 0.25) is 0 Å². The van der Waals surface area contributed by atoms with Gasteiger partial charge >= 0.3 is 12.1 Å². The maximum atomic E-state index is 14.3. The number of para-hydroxylation sites is 1. The number of hydrogen-bond donors (Lipinski definition) is 1. The molecule has 3 aromatic carbocycles. The lowest BCUT2D eigenvalue weighted by atomic mass is 9.71. The molecule has 1 aliphatic heterocycles. The Hall–Kier alpha value is -3.88. The number of carbonyl (C=O) groups is 2. The first-order valence-corrected chi connectivity index (χ1v) is 12.2. The van der Waals surface area contributed by atoms with Gasteiger partial charge in [-0.2, -0.15) is 13.2 Å². The van der Waals surface area contributed by atoms with Crippen molar-refractivity contribution in [2.75, 3.05) is 7.11 Å². The average Bonchev–Trinajstić information content (AvgIpc) is 3.35. The van der Waals surface area contributed by atoms with Crippen molar-refractivity contribution in [1.29, 1.82) is 0 Å². The molecular weight excluding hydrogens is 502 g/mol. The van der Waals surface area contributed by atoms with Crippen LogP contribution in [0.5, 0.6) is 5.75 Å². The van der Waals surface area contributed by atoms with Crippen molar-refractivity contribution >= 4 is 11.9 Å². The third-order valence-corrected chi connectivity index (χ3v) is 7.73. The van der Waals surface area contributed by atoms with Gasteiger partial charge in [-0.3, -0.25) is 9.59 Å². The van der Waals surface area contributed by atoms with Gasteiger partial charge in [0.25, 0.3) is 5.91 Å². The average molecular weight is 528 g/mol. The summed E-state index contributed by atoms with van der Waals surface area (Å²) in [5.74, 6) is -3.42. The van der Waals surface area contributed by atoms with Crippen LogP contribution in [-0.4, -0.2) is 34.5 Å². The van der Waals surface area contributed by atoms with Crippen molar-refractivity contribution in [2.24, 2.45) is 0 Å². The molecule has 0 bridgehead atoms. The highest BCUT2D eigenvalue weighted by Gasteiger charge is 2.56. The van der Waals surface area contributed by atoms with Gasteiger partial charge in [-0.05, 0) is 59.9 Å². The number of halogens is 4. The molecule has 1 unspecified atom stereocenters. The minimum absolute atomic E-state index is 0.161. The summed E-state index contributed by atoms with van der Waals surface area (Å²) in [5.41, 5.74) is -0.269. The summed E-state index contributed by atoms with van der Waals surface area (Å²) in [7, 11) is 1.54. The second-order valence-electron chi connectivity index (χ2n) is 9.79. The van der Waals surface area contributed by atoms with Crippen molar-refractivity contribution in [2.45, 2.75) is 49.9 Å². The van der Waals surface area contributed by atoms with Crippen LogP contribution < -0.4 is 4.74 Å². The van der Waals surface area contributed by atoms with E-state index >= 15 is 0 Å². The number of benzene rings is 3. The predicted molar refractivity (Wildman–Crippen MR) is 131 cm³/mol. The fourth-order valence-electron chi connectivity index (χ4n) is 6.05. The minimum Gasteiger partial charge on any atom is -0.496 e. The van der Waals surface area contributed by atoms with Crippen LogP contribution in [-0.2, 0) is 17.5 Å². The maximum Gasteiger partial charge on any atom is 0.419 e. The zero-order chi connectivity index (χ0) is 27.2. The van der Waals surface area contributed by atoms with Gasteiger partial charge in [-0.25, -0.2) is 4.39 Å². The number of carboxylic acids is 1. The van der Waals surface area contributed by atoms with E-state index in [4.69, 9.17) is 4.74 Å². The van der Waals surface area contributed by atoms with Crippen molar-refractivity contribution in [3.8, 4) is 16.9 Å². The summed E-state index contributed by atoms with van der Waals surface area (Å²) in [6.07, 6.45) is -2.63. The molecule has 0 radical (unpaired) electrons. The fraction of sp³-hybridized carbons (Fsp3) is 0.310. The van der Waals surface area contributed by atoms with E-state index in [2.05, 4.69) is 0 Å². The largest absolute Gasteiger partial charge is 0.496 e. The molecule has 0 saturated heterocycles. The van der Waals surface area contributed by atoms with Crippen LogP contribution in [0.2, 0.25) is 0 Å². The van der Waals surface area contributed by atoms with Crippen LogP contribution in [0.3, 0.4) is 0 Å². The molecule has 9 heteroatoms. The molecule has 1 fully saturated rings. The molecule has 5 nitrogen and oxygen atoms in total. The molecule has 1 amide bonds. The Bertz CT molecular complexity index is 1410. The maximum absolute atomic E-state index is 14.3. The number of rotatable bonds is 5. The minimum atomic E-state index is -4.84. The number of alkyl halides is 3. The number of carboxylic acid groups (broad SMARTS) is 1. The molecule has 5 rings (SSSR count). The summed E-state index contributed by atoms with van der Waals surface area (Å²) in [6, 6.07) is 14.9. The van der Waals surface area contributed by atoms with Crippen LogP contribution in [0.1, 0.15) is 58.6 Å². The molecule has 38 heavy (non-hydrogen) atoms. The van der Waals surface area contributed by atoms with Crippen molar-refractivity contribution in [3.63, 3.8) is 0 Å². The quantitative estimate of drug-likeness (QED) is 0.377. The Morgan fingerprint density at radius 1 is 1.05 bits per heavy atom. The Balaban J connectivity index is 1.62. The van der Waals surface area contributed by atoms with E-state index in [-0.39, 0.29) is 17.7 Å². The molecule has 2 aliphatic rings. The van der Waals surface area contributed by atoms with Crippen LogP contribution in [0.25, 0.3) is 11.1 Å². The molecule has 3 aromatic rings. The van der Waals surface area contributed by atoms with E-state index in [1.54, 1.807) is 24.3 Å². The predicted octanol–water partition coefficient (Wildman–Crippen LogP) is 6.66. The van der Waals surface area contributed by atoms with Crippen LogP contribution in [0, 0.1) is 5.82 Å². The van der Waals surface area contributed by atoms with E-state index in [1.165, 1.54) is 12.0 Å². The lowest BCUT2D eigenvalue weighted by Gasteiger charge is -2.49. The third kappa shape index (κ3) is 4.19. The van der Waals surface area contributed by atoms with E-state index in [0.29, 0.717) is 48.6 Å². The highest BCUT2D eigenvalue weighted by molar-refractivity contribution is 6.01. The number of carbonyl (C=O) groups excluding carboxylic acids is 1. The Morgan fingerprint density at radius 3 is 2.39 bits per heavy atom. The molecule has 1 saturated carbocycles. The van der Waals surface area contributed by atoms with Crippen LogP contribution >= 0.6 is 0 Å². The van der Waals surface area contributed by atoms with E-state index < -0.39 is 40.9 Å². The molecule has 1 aliphatic carbocycles. The molecule has 1 heterocycles. The summed E-state index contributed by atoms with van der Waals surface area (Å²) >= 11 is 0. The van der Waals surface area contributed by atoms with Gasteiger partial charge in [-0.15, -0.1) is 0 Å². The topological polar surface area (TPSA) is 66.8 Å². The Kier molecular flexibility index (Phi) is 6.41. The number of aliphatic carboxylic acids is 1. The lowest BCUT2D eigenvalue weighted by molar-refractivity contribution is -0.143. The zero-order valence-corrected chi connectivity index (χ0v) is 20.5. The summed E-state index contributed by atoms with van der Waals surface area (Å²) in [5, 5.41) is 10.5. The number of amides is 1. The van der Waals surface area contributed by atoms with Gasteiger partial charge in [-0.1, -0.05) is 43.2 Å². The monoisotopic (exact) mass is 527 g/mol. The number of ether oxygens (including phenoxy) is 1. The summed E-state index contributed by atoms with van der Waals surface area (Å²) < 4.78 is 59.0. The van der Waals surface area contributed by atoms with Gasteiger partial charge in [0.15, 0.2) is 0 Å². The number of nitrogens with zero attached hydrogens (tertiary/aromatic N) is 1. The second-order valence-corrected chi connectivity index (χ2v) is 9.79. The normalized spacial score (nSPS) is 18.5. The van der Waals surface area contributed by atoms with Crippen LogP contribution in [0.4, 0.5) is 17.6 Å². The first kappa shape index (κ1) is 25.8. The van der Waals surface area contributed by atoms with Gasteiger partial charge in [0, 0.05) is 17.7 Å². The van der Waals surface area contributed by atoms with Crippen molar-refractivity contribution < 1.29 is 37.0 Å². The van der Waals surface area contributed by atoms with Gasteiger partial charge in [0.1, 0.15) is 17.5 Å². The van der Waals surface area contributed by atoms with Gasteiger partial charge in [0.05, 0.1) is 18.2 Å². The Morgan fingerprint density at radius 2 is 1.76 bits per heavy atom. The number of methoxy groups -OCH3 is 1. The fourth-order valence-corrected chi connectivity index (χ4v) is 6.05. The standard InChI is InChI=1S/C29H25F4NO4/c1-38-24-7-3-2-6-19(24)18-9-10-20-21(15-18)25(27(36)37)28(12-4-5-13-28)34(26(20)35)16-17-8-11-22(23(30)14-17)29(31,32)33/h2-3,6-11,14-15,25H,4-5,12-13,16H2,1H3,(H,36,37). The SMILES string of the molecule is COc1ccccc1-c1ccc2c(c1)C(C(=O)O)C1(CCCC1)N(Cc1ccc(C(F)(F)F)c(F)c1)C2=O. The summed E-state index contributed by atoms with van der Waals surface area (Å²) in [4.78, 5) is 28.1. The molecule has 1 atom stereocenters. The molecular formula is C29H25F4NO4. The highest BCUT2D eigenvalue weighted by Crippen LogP contribution is 2.52. The molecule has 198 valence electrons. The van der Waals surface area contributed by atoms with Crippen molar-refractivity contribution in [1.82, 2.24) is 4.90 Å². The van der Waals surface area contributed by atoms with Crippen molar-refractivity contribution in [3.05, 3.63) is 88.7 Å². The second kappa shape index (κ2) is 9.45. The zero-order valence-electron chi connectivity index (χ0n) is 20.5. The lowest BCUT2D eigenvalue weighted by Crippen LogP contribution is -2.58. The smallest absolute Gasteiger partial charge is 0.419 e. The van der Waals surface area contributed by atoms with E-state index in [1.807, 2.05) is 18.2 Å². The van der Waals surface area contributed by atoms with Crippen LogP contribution in [0.15, 0.2) is 60.7 Å².